The van der Waals surface area contributed by atoms with Crippen molar-refractivity contribution in [2.24, 2.45) is 12.8 Å². The third-order valence-electron chi connectivity index (χ3n) is 6.11. The first kappa shape index (κ1) is 29.9. The lowest BCUT2D eigenvalue weighted by atomic mass is 10.0. The SMILES string of the molecule is CCOC(=O)CN(C(=O)Oc1ccc2c(C(=O)CCc3ccc(C(=N)N)cc3)cn(C)c2c1)c1ccccn1.Cl. The fraction of sp³-hybridized carbons (Fsp3) is 0.207. The van der Waals surface area contributed by atoms with Crippen molar-refractivity contribution in [3.8, 4) is 5.75 Å². The molecule has 0 aliphatic carbocycles. The predicted molar refractivity (Wildman–Crippen MR) is 155 cm³/mol. The monoisotopic (exact) mass is 563 g/mol. The van der Waals surface area contributed by atoms with Gasteiger partial charge in [0.05, 0.1) is 12.1 Å². The summed E-state index contributed by atoms with van der Waals surface area (Å²) in [6.45, 7) is 1.51. The van der Waals surface area contributed by atoms with Gasteiger partial charge in [-0.1, -0.05) is 30.3 Å². The molecule has 0 aliphatic rings. The highest BCUT2D eigenvalue weighted by Gasteiger charge is 2.24. The van der Waals surface area contributed by atoms with Crippen LogP contribution < -0.4 is 15.4 Å². The number of halogens is 1. The molecule has 4 aromatic rings. The van der Waals surface area contributed by atoms with Crippen LogP contribution in [0, 0.1) is 5.41 Å². The molecule has 0 unspecified atom stereocenters. The van der Waals surface area contributed by atoms with Crippen molar-refractivity contribution in [3.05, 3.63) is 89.7 Å². The van der Waals surface area contributed by atoms with Crippen molar-refractivity contribution < 1.29 is 23.9 Å². The molecular weight excluding hydrogens is 534 g/mol. The van der Waals surface area contributed by atoms with Crippen molar-refractivity contribution in [1.82, 2.24) is 9.55 Å². The lowest BCUT2D eigenvalue weighted by Gasteiger charge is -2.20. The average molecular weight is 564 g/mol. The Morgan fingerprint density at radius 2 is 1.82 bits per heavy atom. The van der Waals surface area contributed by atoms with Gasteiger partial charge in [-0.15, -0.1) is 12.4 Å². The summed E-state index contributed by atoms with van der Waals surface area (Å²) in [6.07, 6.45) is 3.34. The number of esters is 1. The zero-order chi connectivity index (χ0) is 27.9. The van der Waals surface area contributed by atoms with E-state index in [9.17, 15) is 14.4 Å². The summed E-state index contributed by atoms with van der Waals surface area (Å²) in [7, 11) is 1.81. The molecular formula is C29H30ClN5O5. The number of pyridine rings is 1. The lowest BCUT2D eigenvalue weighted by Crippen LogP contribution is -2.39. The minimum atomic E-state index is -0.789. The number of aryl methyl sites for hydroxylation is 2. The molecule has 3 N–H and O–H groups in total. The van der Waals surface area contributed by atoms with Crippen LogP contribution in [0.1, 0.15) is 34.8 Å². The van der Waals surface area contributed by atoms with Gasteiger partial charge in [0.15, 0.2) is 5.78 Å². The normalized spacial score (nSPS) is 10.4. The molecule has 10 nitrogen and oxygen atoms in total. The number of nitrogen functional groups attached to an aromatic ring is 1. The highest BCUT2D eigenvalue weighted by Crippen LogP contribution is 2.27. The number of nitrogens with zero attached hydrogens (tertiary/aromatic N) is 3. The third-order valence-corrected chi connectivity index (χ3v) is 6.11. The molecule has 0 bridgehead atoms. The van der Waals surface area contributed by atoms with Gasteiger partial charge >= 0.3 is 12.1 Å². The van der Waals surface area contributed by atoms with E-state index < -0.39 is 12.1 Å². The zero-order valence-corrected chi connectivity index (χ0v) is 22.9. The summed E-state index contributed by atoms with van der Waals surface area (Å²) in [4.78, 5) is 43.5. The standard InChI is InChI=1S/C29H29N5O5.ClH/c1-3-38-27(36)18-34(26-6-4-5-15-32-26)29(37)39-21-12-13-22-23(17-33(2)24(22)16-21)25(35)14-9-19-7-10-20(11-8-19)28(30)31;/h4-8,10-13,15-17H,3,9,14,18H2,1-2H3,(H3,30,31);1H. The maximum Gasteiger partial charge on any atom is 0.421 e. The smallest absolute Gasteiger partial charge is 0.421 e. The van der Waals surface area contributed by atoms with Gasteiger partial charge < -0.3 is 19.8 Å². The number of ketones is 1. The number of carbonyl (C=O) groups is 3. The van der Waals surface area contributed by atoms with E-state index in [1.165, 1.54) is 6.20 Å². The van der Waals surface area contributed by atoms with Gasteiger partial charge in [-0.2, -0.15) is 0 Å². The number of rotatable bonds is 10. The van der Waals surface area contributed by atoms with Crippen molar-refractivity contribution in [3.63, 3.8) is 0 Å². The number of Topliss-reactive ketones (excluding diaryl/α,β-unsaturated/α-hetero) is 1. The molecule has 4 rings (SSSR count). The number of ether oxygens (including phenoxy) is 2. The quantitative estimate of drug-likeness (QED) is 0.124. The molecule has 1 amide bonds. The van der Waals surface area contributed by atoms with E-state index in [1.54, 1.807) is 66.2 Å². The van der Waals surface area contributed by atoms with Gasteiger partial charge in [0.2, 0.25) is 0 Å². The molecule has 0 spiro atoms. The first-order valence-electron chi connectivity index (χ1n) is 12.4. The minimum Gasteiger partial charge on any atom is -0.465 e. The number of nitrogens with one attached hydrogen (secondary N) is 1. The van der Waals surface area contributed by atoms with Crippen LogP contribution in [0.4, 0.5) is 10.6 Å². The number of fused-ring (bicyclic) bond motifs is 1. The fourth-order valence-electron chi connectivity index (χ4n) is 4.14. The molecule has 2 aromatic carbocycles. The van der Waals surface area contributed by atoms with E-state index in [2.05, 4.69) is 4.98 Å². The van der Waals surface area contributed by atoms with Gasteiger partial charge in [0.25, 0.3) is 0 Å². The van der Waals surface area contributed by atoms with Gasteiger partial charge in [-0.05, 0) is 43.2 Å². The predicted octanol–water partition coefficient (Wildman–Crippen LogP) is 4.66. The number of benzene rings is 2. The third kappa shape index (κ3) is 7.03. The van der Waals surface area contributed by atoms with Crippen LogP contribution in [0.2, 0.25) is 0 Å². The van der Waals surface area contributed by atoms with Crippen LogP contribution >= 0.6 is 12.4 Å². The fourth-order valence-corrected chi connectivity index (χ4v) is 4.14. The van der Waals surface area contributed by atoms with E-state index in [4.69, 9.17) is 20.6 Å². The first-order chi connectivity index (χ1) is 18.8. The summed E-state index contributed by atoms with van der Waals surface area (Å²) >= 11 is 0. The number of carbonyl (C=O) groups excluding carboxylic acids is 3. The van der Waals surface area contributed by atoms with E-state index in [-0.39, 0.29) is 48.7 Å². The zero-order valence-electron chi connectivity index (χ0n) is 22.1. The first-order valence-corrected chi connectivity index (χ1v) is 12.4. The van der Waals surface area contributed by atoms with E-state index in [0.717, 1.165) is 15.8 Å². The van der Waals surface area contributed by atoms with Crippen LogP contribution in [-0.4, -0.2) is 46.4 Å². The molecule has 0 atom stereocenters. The molecule has 11 heteroatoms. The second-order valence-electron chi connectivity index (χ2n) is 8.81. The number of anilines is 1. The number of amides is 1. The number of aromatic nitrogens is 2. The Labute approximate surface area is 237 Å². The van der Waals surface area contributed by atoms with Crippen molar-refractivity contribution in [2.45, 2.75) is 19.8 Å². The second kappa shape index (κ2) is 13.4. The molecule has 40 heavy (non-hydrogen) atoms. The number of hydrogen-bond acceptors (Lipinski definition) is 7. The average Bonchev–Trinajstić information content (AvgIpc) is 3.27. The number of amidine groups is 1. The molecule has 208 valence electrons. The summed E-state index contributed by atoms with van der Waals surface area (Å²) in [5.41, 5.74) is 8.40. The van der Waals surface area contributed by atoms with Gasteiger partial charge in [-0.25, -0.2) is 14.7 Å². The van der Waals surface area contributed by atoms with Crippen LogP contribution in [0.3, 0.4) is 0 Å². The van der Waals surface area contributed by atoms with Crippen molar-refractivity contribution >= 4 is 52.8 Å². The van der Waals surface area contributed by atoms with Gasteiger partial charge in [0.1, 0.15) is 23.9 Å². The summed E-state index contributed by atoms with van der Waals surface area (Å²) in [5, 5.41) is 8.23. The van der Waals surface area contributed by atoms with Crippen LogP contribution in [0.5, 0.6) is 5.75 Å². The Morgan fingerprint density at radius 3 is 2.48 bits per heavy atom. The van der Waals surface area contributed by atoms with Crippen LogP contribution in [-0.2, 0) is 23.0 Å². The highest BCUT2D eigenvalue weighted by molar-refractivity contribution is 6.08. The van der Waals surface area contributed by atoms with Crippen molar-refractivity contribution in [1.29, 1.82) is 5.41 Å². The maximum atomic E-state index is 13.1. The topological polar surface area (TPSA) is 141 Å². The number of hydrogen-bond donors (Lipinski definition) is 2. The molecule has 0 aliphatic heterocycles. The maximum absolute atomic E-state index is 13.1. The second-order valence-corrected chi connectivity index (χ2v) is 8.81. The molecule has 2 heterocycles. The largest absolute Gasteiger partial charge is 0.465 e. The van der Waals surface area contributed by atoms with Crippen LogP contribution in [0.25, 0.3) is 10.9 Å². The molecule has 0 fully saturated rings. The Balaban J connectivity index is 0.00000441. The van der Waals surface area contributed by atoms with E-state index in [1.807, 2.05) is 19.2 Å². The molecule has 0 radical (unpaired) electrons. The van der Waals surface area contributed by atoms with Crippen molar-refractivity contribution in [2.75, 3.05) is 18.1 Å². The summed E-state index contributed by atoms with van der Waals surface area (Å²) in [6, 6.07) is 17.3. The Hall–Kier alpha value is -4.70. The summed E-state index contributed by atoms with van der Waals surface area (Å²) in [5.74, 6) is -0.100. The Kier molecular flexibility index (Phi) is 9.99. The molecule has 0 saturated heterocycles. The molecule has 2 aromatic heterocycles. The number of nitrogens with two attached hydrogens (primary N) is 1. The summed E-state index contributed by atoms with van der Waals surface area (Å²) < 4.78 is 12.4. The van der Waals surface area contributed by atoms with Crippen LogP contribution in [0.15, 0.2) is 73.1 Å². The minimum absolute atomic E-state index is 0. The van der Waals surface area contributed by atoms with E-state index >= 15 is 0 Å². The Morgan fingerprint density at radius 1 is 1.07 bits per heavy atom. The Bertz CT molecular complexity index is 1520. The highest BCUT2D eigenvalue weighted by atomic mass is 35.5. The van der Waals surface area contributed by atoms with Gasteiger partial charge in [0, 0.05) is 48.4 Å². The molecule has 0 saturated carbocycles. The van der Waals surface area contributed by atoms with Gasteiger partial charge in [-0.3, -0.25) is 15.0 Å². The van der Waals surface area contributed by atoms with E-state index in [0.29, 0.717) is 29.5 Å². The lowest BCUT2D eigenvalue weighted by molar-refractivity contribution is -0.141.